The fourth-order valence-corrected chi connectivity index (χ4v) is 3.44. The lowest BCUT2D eigenvalue weighted by molar-refractivity contribution is -0.759. The summed E-state index contributed by atoms with van der Waals surface area (Å²) < 4.78 is 5.14. The molecule has 1 fully saturated rings. The molecule has 0 atom stereocenters. The molecule has 10 heteroatoms. The zero-order valence-corrected chi connectivity index (χ0v) is 17.6. The molecule has 0 aliphatic carbocycles. The minimum Gasteiger partial charge on any atom is -0.588 e. The molecule has 0 bridgehead atoms. The number of hydrogen-bond acceptors (Lipinski definition) is 7. The number of carbonyl (C=O) groups excluding carboxylic acids is 2. The van der Waals surface area contributed by atoms with E-state index in [-0.39, 0.29) is 29.0 Å². The lowest BCUT2D eigenvalue weighted by Gasteiger charge is -2.32. The summed E-state index contributed by atoms with van der Waals surface area (Å²) in [6, 6.07) is 0.529. The second-order valence-corrected chi connectivity index (χ2v) is 8.88. The van der Waals surface area contributed by atoms with Crippen LogP contribution in [0.25, 0.3) is 5.32 Å². The molecule has 0 spiro atoms. The quantitative estimate of drug-likeness (QED) is 0.730. The Morgan fingerprint density at radius 1 is 1.33 bits per heavy atom. The summed E-state index contributed by atoms with van der Waals surface area (Å²) in [5.74, 6) is 0.213. The van der Waals surface area contributed by atoms with Gasteiger partial charge in [0.1, 0.15) is 5.88 Å². The minimum atomic E-state index is -0.334. The predicted molar refractivity (Wildman–Crippen MR) is 105 cm³/mol. The van der Waals surface area contributed by atoms with Crippen LogP contribution in [0.5, 0.6) is 0 Å². The van der Waals surface area contributed by atoms with E-state index < -0.39 is 0 Å². The van der Waals surface area contributed by atoms with Gasteiger partial charge in [0.25, 0.3) is 11.4 Å². The molecule has 152 valence electrons. The van der Waals surface area contributed by atoms with E-state index in [1.54, 1.807) is 11.0 Å². The number of aromatic nitrogens is 2. The number of hydrogen-bond donors (Lipinski definition) is 1. The van der Waals surface area contributed by atoms with Crippen LogP contribution in [0.15, 0.2) is 10.7 Å². The third-order valence-electron chi connectivity index (χ3n) is 4.02. The Balaban J connectivity index is 1.72. The highest BCUT2D eigenvalue weighted by Gasteiger charge is 2.25. The van der Waals surface area contributed by atoms with Crippen molar-refractivity contribution in [1.29, 1.82) is 0 Å². The van der Waals surface area contributed by atoms with Gasteiger partial charge in [-0.2, -0.15) is 5.01 Å². The standard InChI is InChI=1S/C17H30N6O3S/c1-13(2)21-7-9-22(10-8-21)23-12-15(26-20-23)18-14(24)6-11-27-16(25)19-17(3,4)5/h12-13H,6-11H2,1-5H3,(H-,18,19,20,24,25). The molecule has 1 aliphatic heterocycles. The van der Waals surface area contributed by atoms with Crippen LogP contribution in [0.2, 0.25) is 0 Å². The average molecular weight is 399 g/mol. The van der Waals surface area contributed by atoms with Crippen molar-refractivity contribution in [2.45, 2.75) is 52.6 Å². The fourth-order valence-electron chi connectivity index (χ4n) is 2.60. The van der Waals surface area contributed by atoms with Gasteiger partial charge in [0.2, 0.25) is 5.27 Å². The molecule has 2 amide bonds. The van der Waals surface area contributed by atoms with Gasteiger partial charge in [-0.15, -0.1) is 0 Å². The van der Waals surface area contributed by atoms with Gasteiger partial charge in [-0.05, 0) is 41.0 Å². The molecule has 1 aromatic heterocycles. The first-order chi connectivity index (χ1) is 12.6. The monoisotopic (exact) mass is 398 g/mol. The van der Waals surface area contributed by atoms with E-state index in [1.807, 2.05) is 20.8 Å². The Morgan fingerprint density at radius 2 is 2.00 bits per heavy atom. The van der Waals surface area contributed by atoms with Crippen molar-refractivity contribution in [3.8, 4) is 0 Å². The number of nitrogens with one attached hydrogen (secondary N) is 1. The molecule has 0 unspecified atom stereocenters. The Hall–Kier alpha value is -1.81. The van der Waals surface area contributed by atoms with Crippen LogP contribution in [0.1, 0.15) is 41.0 Å². The molecule has 2 heterocycles. The summed E-state index contributed by atoms with van der Waals surface area (Å²) in [5, 5.41) is 12.6. The number of nitrogens with zero attached hydrogens (tertiary/aromatic N) is 5. The van der Waals surface area contributed by atoms with Crippen molar-refractivity contribution in [2.24, 2.45) is 0 Å². The van der Waals surface area contributed by atoms with Gasteiger partial charge in [0, 0.05) is 30.4 Å². The van der Waals surface area contributed by atoms with Gasteiger partial charge in [0.05, 0.1) is 23.8 Å². The van der Waals surface area contributed by atoms with Crippen LogP contribution in [-0.2, 0) is 4.79 Å². The molecule has 1 aliphatic rings. The highest BCUT2D eigenvalue weighted by atomic mass is 32.2. The normalized spacial score (nSPS) is 15.9. The third kappa shape index (κ3) is 7.37. The number of rotatable bonds is 6. The van der Waals surface area contributed by atoms with E-state index in [9.17, 15) is 9.59 Å². The van der Waals surface area contributed by atoms with E-state index in [2.05, 4.69) is 39.7 Å². The lowest BCUT2D eigenvalue weighted by Crippen LogP contribution is -2.65. The van der Waals surface area contributed by atoms with E-state index in [4.69, 9.17) is 4.52 Å². The summed E-state index contributed by atoms with van der Waals surface area (Å²) in [4.78, 5) is 27.7. The van der Waals surface area contributed by atoms with Crippen LogP contribution in [0, 0.1) is 0 Å². The predicted octanol–water partition coefficient (Wildman–Crippen LogP) is 1.79. The first-order valence-electron chi connectivity index (χ1n) is 9.21. The fraction of sp³-hybridized carbons (Fsp3) is 0.765. The molecular formula is C17H30N6O3S. The maximum absolute atomic E-state index is 12.0. The number of amides is 2. The molecule has 2 rings (SSSR count). The smallest absolute Gasteiger partial charge is 0.279 e. The van der Waals surface area contributed by atoms with Gasteiger partial charge in [0.15, 0.2) is 0 Å². The minimum absolute atomic E-state index is 0.145. The largest absolute Gasteiger partial charge is 0.588 e. The topological polar surface area (TPSA) is 96.7 Å². The SMILES string of the molecule is CC(C)N1CCN([n+]2cc([N-]C(=O)CCSC(=O)NC(C)(C)C)on2)CC1. The molecule has 0 saturated carbocycles. The van der Waals surface area contributed by atoms with Crippen LogP contribution < -0.4 is 15.1 Å². The summed E-state index contributed by atoms with van der Waals surface area (Å²) >= 11 is 1.08. The Morgan fingerprint density at radius 3 is 2.59 bits per heavy atom. The third-order valence-corrected chi connectivity index (χ3v) is 4.79. The highest BCUT2D eigenvalue weighted by molar-refractivity contribution is 8.13. The Bertz CT molecular complexity index is 635. The number of thioether (sulfide) groups is 1. The van der Waals surface area contributed by atoms with E-state index >= 15 is 0 Å². The van der Waals surface area contributed by atoms with E-state index in [0.29, 0.717) is 11.8 Å². The maximum atomic E-state index is 12.0. The zero-order valence-electron chi connectivity index (χ0n) is 16.8. The number of carbonyl (C=O) groups is 2. The van der Waals surface area contributed by atoms with Gasteiger partial charge in [-0.1, -0.05) is 11.8 Å². The first-order valence-corrected chi connectivity index (χ1v) is 10.2. The molecule has 27 heavy (non-hydrogen) atoms. The van der Waals surface area contributed by atoms with Crippen molar-refractivity contribution in [1.82, 2.24) is 15.5 Å². The van der Waals surface area contributed by atoms with Crippen LogP contribution in [-0.4, -0.2) is 64.8 Å². The Labute approximate surface area is 164 Å². The van der Waals surface area contributed by atoms with Crippen molar-refractivity contribution in [3.63, 3.8) is 0 Å². The van der Waals surface area contributed by atoms with Gasteiger partial charge >= 0.3 is 0 Å². The van der Waals surface area contributed by atoms with Crippen molar-refractivity contribution in [2.75, 3.05) is 36.9 Å². The zero-order chi connectivity index (χ0) is 20.0. The van der Waals surface area contributed by atoms with Crippen LogP contribution >= 0.6 is 11.8 Å². The van der Waals surface area contributed by atoms with Crippen molar-refractivity contribution >= 4 is 28.8 Å². The van der Waals surface area contributed by atoms with Gasteiger partial charge < -0.3 is 20.0 Å². The molecule has 1 aromatic rings. The second kappa shape index (κ2) is 9.41. The van der Waals surface area contributed by atoms with Gasteiger partial charge in [-0.25, -0.2) is 0 Å². The summed E-state index contributed by atoms with van der Waals surface area (Å²) in [7, 11) is 0. The number of piperazine rings is 1. The first kappa shape index (κ1) is 21.5. The molecule has 1 saturated heterocycles. The Kier molecular flexibility index (Phi) is 7.49. The highest BCUT2D eigenvalue weighted by Crippen LogP contribution is 2.17. The summed E-state index contributed by atoms with van der Waals surface area (Å²) in [5.41, 5.74) is -0.285. The van der Waals surface area contributed by atoms with E-state index in [1.165, 1.54) is 0 Å². The summed E-state index contributed by atoms with van der Waals surface area (Å²) in [6.07, 6.45) is 1.78. The molecule has 9 nitrogen and oxygen atoms in total. The average Bonchev–Trinajstić information content (AvgIpc) is 3.01. The maximum Gasteiger partial charge on any atom is 0.279 e. The van der Waals surface area contributed by atoms with Crippen LogP contribution in [0.4, 0.5) is 10.7 Å². The molecule has 1 N–H and O–H groups in total. The van der Waals surface area contributed by atoms with E-state index in [0.717, 1.165) is 37.9 Å². The second-order valence-electron chi connectivity index (χ2n) is 7.81. The molecular weight excluding hydrogens is 368 g/mol. The van der Waals surface area contributed by atoms with Crippen molar-refractivity contribution < 1.29 is 18.9 Å². The lowest BCUT2D eigenvalue weighted by atomic mass is 10.1. The van der Waals surface area contributed by atoms with Gasteiger partial charge in [-0.3, -0.25) is 9.69 Å². The van der Waals surface area contributed by atoms with Crippen LogP contribution in [0.3, 0.4) is 0 Å². The molecule has 0 radical (unpaired) electrons. The summed E-state index contributed by atoms with van der Waals surface area (Å²) in [6.45, 7) is 13.7. The van der Waals surface area contributed by atoms with Crippen molar-refractivity contribution in [3.05, 3.63) is 11.5 Å². The molecule has 0 aromatic carbocycles.